The number of anilines is 2. The molecule has 1 saturated carbocycles. The fourth-order valence-electron chi connectivity index (χ4n) is 7.91. The second kappa shape index (κ2) is 11.0. The standard InChI is InChI=1S/C35H31F4N7O/c1-2-22-26(37)5-4-19-11-21(41)12-23(27(19)22)30-29(39)31-25(15-42-30)33(46-9-6-18(14-40)10-24-28(38)32(24)46)44-34(43-31)47-17-35-7-3-8-45(35)16-20(36)13-35/h1,4-5,11-12,15,18,20,24,28,32H,3,6-10,13,16-17,41H2/t18-,20-,24-,28+,32-,35+/m1/s1/i17D2. The molecule has 3 aliphatic heterocycles. The van der Waals surface area contributed by atoms with Gasteiger partial charge in [-0.25, -0.2) is 17.6 Å². The highest BCUT2D eigenvalue weighted by Gasteiger charge is 2.57. The number of hydrogen-bond donors (Lipinski definition) is 1. The normalized spacial score (nSPS) is 29.4. The highest BCUT2D eigenvalue weighted by atomic mass is 19.1. The minimum Gasteiger partial charge on any atom is -0.461 e. The Kier molecular flexibility index (Phi) is 6.39. The first-order valence-electron chi connectivity index (χ1n) is 16.7. The van der Waals surface area contributed by atoms with Crippen molar-refractivity contribution in [3.05, 3.63) is 47.7 Å². The molecule has 4 fully saturated rings. The van der Waals surface area contributed by atoms with Gasteiger partial charge in [0.25, 0.3) is 0 Å². The molecule has 47 heavy (non-hydrogen) atoms. The molecule has 0 unspecified atom stereocenters. The van der Waals surface area contributed by atoms with Crippen LogP contribution in [0.4, 0.5) is 29.1 Å². The molecule has 12 heteroatoms. The molecule has 0 bridgehead atoms. The van der Waals surface area contributed by atoms with E-state index < -0.39 is 54.0 Å². The van der Waals surface area contributed by atoms with Gasteiger partial charge in [0, 0.05) is 54.2 Å². The Morgan fingerprint density at radius 1 is 1.21 bits per heavy atom. The second-order valence-electron chi connectivity index (χ2n) is 13.0. The number of hydrogen-bond acceptors (Lipinski definition) is 8. The summed E-state index contributed by atoms with van der Waals surface area (Å²) in [4.78, 5) is 16.7. The average molecular weight is 644 g/mol. The first-order chi connectivity index (χ1) is 23.5. The van der Waals surface area contributed by atoms with Crippen molar-refractivity contribution >= 4 is 33.2 Å². The number of terminal acetylenes is 1. The molecule has 1 aliphatic carbocycles. The highest BCUT2D eigenvalue weighted by Crippen LogP contribution is 2.49. The second-order valence-corrected chi connectivity index (χ2v) is 13.0. The highest BCUT2D eigenvalue weighted by molar-refractivity contribution is 6.03. The van der Waals surface area contributed by atoms with Gasteiger partial charge in [-0.1, -0.05) is 12.0 Å². The van der Waals surface area contributed by atoms with Crippen LogP contribution >= 0.6 is 0 Å². The van der Waals surface area contributed by atoms with E-state index in [1.807, 2.05) is 0 Å². The lowest BCUT2D eigenvalue weighted by Crippen LogP contribution is -2.43. The number of pyridine rings is 1. The lowest BCUT2D eigenvalue weighted by Gasteiger charge is -2.31. The van der Waals surface area contributed by atoms with E-state index in [2.05, 4.69) is 26.9 Å². The van der Waals surface area contributed by atoms with Gasteiger partial charge in [-0.3, -0.25) is 9.88 Å². The molecule has 6 atom stereocenters. The van der Waals surface area contributed by atoms with Crippen LogP contribution in [0.5, 0.6) is 6.01 Å². The SMILES string of the molecule is [2H]C([2H])(Oc1nc(N2CC[C@@H](C#N)C[C@@H]3[C@H](F)[C@@H]32)c2cnc(-c3cc(N)cc4ccc(F)c(C#C)c34)c(F)c2n1)[C@@]12CCCN1C[C@H](F)C2. The minimum absolute atomic E-state index is 0.0690. The Balaban J connectivity index is 1.32. The summed E-state index contributed by atoms with van der Waals surface area (Å²) in [6.07, 6.45) is 6.16. The smallest absolute Gasteiger partial charge is 0.319 e. The number of nitrogens with two attached hydrogens (primary N) is 1. The van der Waals surface area contributed by atoms with E-state index >= 15 is 8.78 Å². The predicted molar refractivity (Wildman–Crippen MR) is 169 cm³/mol. The van der Waals surface area contributed by atoms with E-state index in [1.165, 1.54) is 24.4 Å². The predicted octanol–water partition coefficient (Wildman–Crippen LogP) is 5.72. The Labute approximate surface area is 271 Å². The number of halogens is 4. The van der Waals surface area contributed by atoms with E-state index in [4.69, 9.17) is 19.6 Å². The number of alkyl halides is 2. The lowest BCUT2D eigenvalue weighted by molar-refractivity contribution is 0.107. The first-order valence-corrected chi connectivity index (χ1v) is 15.7. The summed E-state index contributed by atoms with van der Waals surface area (Å²) in [6.45, 7) is -1.70. The Morgan fingerprint density at radius 2 is 2.06 bits per heavy atom. The average Bonchev–Trinajstić information content (AvgIpc) is 3.37. The van der Waals surface area contributed by atoms with E-state index in [0.29, 0.717) is 37.6 Å². The van der Waals surface area contributed by atoms with Gasteiger partial charge in [-0.15, -0.1) is 6.42 Å². The van der Waals surface area contributed by atoms with E-state index in [-0.39, 0.29) is 70.0 Å². The molecule has 0 spiro atoms. The summed E-state index contributed by atoms with van der Waals surface area (Å²) in [7, 11) is 0. The number of nitrogens with zero attached hydrogens (tertiary/aromatic N) is 6. The van der Waals surface area contributed by atoms with Gasteiger partial charge in [-0.2, -0.15) is 15.2 Å². The van der Waals surface area contributed by atoms with Crippen LogP contribution in [-0.4, -0.2) is 70.0 Å². The number of nitriles is 1. The Morgan fingerprint density at radius 3 is 2.87 bits per heavy atom. The van der Waals surface area contributed by atoms with Gasteiger partial charge >= 0.3 is 6.01 Å². The summed E-state index contributed by atoms with van der Waals surface area (Å²) < 4.78 is 85.8. The molecule has 2 aromatic heterocycles. The molecule has 4 aromatic rings. The molecular formula is C35H31F4N7O. The van der Waals surface area contributed by atoms with E-state index in [1.54, 1.807) is 15.9 Å². The maximum atomic E-state index is 17.0. The van der Waals surface area contributed by atoms with E-state index in [0.717, 1.165) is 0 Å². The molecule has 2 aromatic carbocycles. The number of aromatic nitrogens is 3. The molecule has 8 rings (SSSR count). The van der Waals surface area contributed by atoms with Gasteiger partial charge in [0.2, 0.25) is 0 Å². The monoisotopic (exact) mass is 643 g/mol. The summed E-state index contributed by atoms with van der Waals surface area (Å²) in [6, 6.07) is 6.75. The number of fused-ring (bicyclic) bond motifs is 4. The third-order valence-electron chi connectivity index (χ3n) is 10.2. The molecule has 2 N–H and O–H groups in total. The summed E-state index contributed by atoms with van der Waals surface area (Å²) in [5.74, 6) is -0.0694. The quantitative estimate of drug-likeness (QED) is 0.167. The topological polar surface area (TPSA) is 104 Å². The van der Waals surface area contributed by atoms with Crippen LogP contribution < -0.4 is 15.4 Å². The molecule has 5 heterocycles. The molecule has 240 valence electrons. The van der Waals surface area contributed by atoms with Crippen LogP contribution in [-0.2, 0) is 0 Å². The third kappa shape index (κ3) is 4.72. The van der Waals surface area contributed by atoms with Gasteiger partial charge in [0.15, 0.2) is 5.82 Å². The van der Waals surface area contributed by atoms with Gasteiger partial charge in [0.1, 0.15) is 41.7 Å². The van der Waals surface area contributed by atoms with Crippen LogP contribution in [0.3, 0.4) is 0 Å². The van der Waals surface area contributed by atoms with Gasteiger partial charge in [0.05, 0.1) is 31.3 Å². The Hall–Kier alpha value is -4.68. The zero-order chi connectivity index (χ0) is 34.4. The number of ether oxygens (including phenoxy) is 1. The van der Waals surface area contributed by atoms with Gasteiger partial charge < -0.3 is 15.4 Å². The first kappa shape index (κ1) is 27.4. The van der Waals surface area contributed by atoms with Crippen LogP contribution in [0.15, 0.2) is 30.5 Å². The van der Waals surface area contributed by atoms with Crippen molar-refractivity contribution in [2.45, 2.75) is 56.0 Å². The van der Waals surface area contributed by atoms with Crippen molar-refractivity contribution in [2.75, 3.05) is 36.8 Å². The molecule has 0 amide bonds. The number of benzene rings is 2. The molecule has 3 saturated heterocycles. The van der Waals surface area contributed by atoms with Crippen molar-refractivity contribution < 1.29 is 25.0 Å². The van der Waals surface area contributed by atoms with Crippen molar-refractivity contribution in [1.82, 2.24) is 19.9 Å². The summed E-state index contributed by atoms with van der Waals surface area (Å²) in [5, 5.41) is 10.4. The Bertz CT molecular complexity index is 2120. The van der Waals surface area contributed by atoms with Crippen molar-refractivity contribution in [1.29, 1.82) is 5.26 Å². The molecular weight excluding hydrogens is 610 g/mol. The number of nitrogen functional groups attached to an aromatic ring is 1. The largest absolute Gasteiger partial charge is 0.461 e. The van der Waals surface area contributed by atoms with Crippen LogP contribution in [0, 0.1) is 47.1 Å². The molecule has 0 radical (unpaired) electrons. The van der Waals surface area contributed by atoms with Crippen LogP contribution in [0.25, 0.3) is 32.9 Å². The number of rotatable bonds is 5. The maximum absolute atomic E-state index is 17.0. The van der Waals surface area contributed by atoms with E-state index in [9.17, 15) is 14.0 Å². The molecule has 4 aliphatic rings. The fraction of sp³-hybridized carbons (Fsp3) is 0.429. The minimum atomic E-state index is -2.49. The van der Waals surface area contributed by atoms with Crippen molar-refractivity contribution in [2.24, 2.45) is 11.8 Å². The molecule has 8 nitrogen and oxygen atoms in total. The maximum Gasteiger partial charge on any atom is 0.319 e. The van der Waals surface area contributed by atoms with Crippen molar-refractivity contribution in [3.8, 4) is 35.7 Å². The fourth-order valence-corrected chi connectivity index (χ4v) is 7.91. The van der Waals surface area contributed by atoms with Gasteiger partial charge in [-0.05, 0) is 55.8 Å². The van der Waals surface area contributed by atoms with Crippen molar-refractivity contribution in [3.63, 3.8) is 0 Å². The van der Waals surface area contributed by atoms with Crippen LogP contribution in [0.2, 0.25) is 0 Å². The third-order valence-corrected chi connectivity index (χ3v) is 10.2. The lowest BCUT2D eigenvalue weighted by atomic mass is 9.95. The summed E-state index contributed by atoms with van der Waals surface area (Å²) >= 11 is 0. The zero-order valence-electron chi connectivity index (χ0n) is 27.2. The van der Waals surface area contributed by atoms with Crippen LogP contribution in [0.1, 0.15) is 40.4 Å². The summed E-state index contributed by atoms with van der Waals surface area (Å²) in [5.41, 5.74) is 4.58. The zero-order valence-corrected chi connectivity index (χ0v) is 25.2.